The van der Waals surface area contributed by atoms with Gasteiger partial charge in [-0.05, 0) is 11.0 Å². The van der Waals surface area contributed by atoms with Crippen LogP contribution in [0.1, 0.15) is 10.5 Å². The maximum Gasteiger partial charge on any atom is 0.321 e. The maximum absolute atomic E-state index is 11.9. The van der Waals surface area contributed by atoms with E-state index < -0.39 is 4.92 Å². The predicted octanol–water partition coefficient (Wildman–Crippen LogP) is -0.0317. The van der Waals surface area contributed by atoms with Gasteiger partial charge in [-0.25, -0.2) is 4.98 Å². The minimum Gasteiger partial charge on any atom is -0.358 e. The van der Waals surface area contributed by atoms with Crippen LogP contribution in [-0.2, 0) is 0 Å². The SMILES string of the molecule is O=C(c1ccc([N+](=O)[O-])[nH]1)N1CCNCC1. The number of H-pyrrole nitrogens is 1. The van der Waals surface area contributed by atoms with E-state index in [-0.39, 0.29) is 17.4 Å². The average molecular weight is 224 g/mol. The van der Waals surface area contributed by atoms with Crippen molar-refractivity contribution < 1.29 is 9.72 Å². The summed E-state index contributed by atoms with van der Waals surface area (Å²) in [5.41, 5.74) is 0.272. The van der Waals surface area contributed by atoms with Crippen molar-refractivity contribution in [1.29, 1.82) is 0 Å². The van der Waals surface area contributed by atoms with Crippen molar-refractivity contribution in [3.8, 4) is 0 Å². The number of nitrogens with one attached hydrogen (secondary N) is 2. The van der Waals surface area contributed by atoms with E-state index in [4.69, 9.17) is 0 Å². The largest absolute Gasteiger partial charge is 0.358 e. The molecule has 2 heterocycles. The fraction of sp³-hybridized carbons (Fsp3) is 0.444. The van der Waals surface area contributed by atoms with E-state index in [1.54, 1.807) is 4.90 Å². The van der Waals surface area contributed by atoms with Crippen LogP contribution in [0.2, 0.25) is 0 Å². The smallest absolute Gasteiger partial charge is 0.321 e. The zero-order valence-corrected chi connectivity index (χ0v) is 8.60. The second-order valence-corrected chi connectivity index (χ2v) is 3.56. The normalized spacial score (nSPS) is 16.1. The number of rotatable bonds is 2. The fourth-order valence-corrected chi connectivity index (χ4v) is 1.65. The molecule has 7 heteroatoms. The third-order valence-electron chi connectivity index (χ3n) is 2.50. The summed E-state index contributed by atoms with van der Waals surface area (Å²) in [5, 5.41) is 13.6. The molecule has 86 valence electrons. The van der Waals surface area contributed by atoms with Crippen LogP contribution in [0.4, 0.5) is 5.82 Å². The summed E-state index contributed by atoms with van der Waals surface area (Å²) < 4.78 is 0. The molecule has 1 amide bonds. The van der Waals surface area contributed by atoms with Crippen molar-refractivity contribution in [2.75, 3.05) is 26.2 Å². The van der Waals surface area contributed by atoms with Crippen molar-refractivity contribution in [2.45, 2.75) is 0 Å². The summed E-state index contributed by atoms with van der Waals surface area (Å²) in [5.74, 6) is -0.340. The second-order valence-electron chi connectivity index (χ2n) is 3.56. The summed E-state index contributed by atoms with van der Waals surface area (Å²) in [4.78, 5) is 26.0. The first kappa shape index (κ1) is 10.6. The Morgan fingerprint density at radius 3 is 2.62 bits per heavy atom. The van der Waals surface area contributed by atoms with E-state index in [0.29, 0.717) is 13.1 Å². The standard InChI is InChI=1S/C9H12N4O3/c14-9(12-5-3-10-4-6-12)7-1-2-8(11-7)13(15)16/h1-2,10-11H,3-6H2. The first-order valence-corrected chi connectivity index (χ1v) is 5.02. The number of amides is 1. The van der Waals surface area contributed by atoms with E-state index >= 15 is 0 Å². The van der Waals surface area contributed by atoms with Gasteiger partial charge in [0.25, 0.3) is 5.91 Å². The molecule has 0 atom stereocenters. The van der Waals surface area contributed by atoms with Crippen LogP contribution in [0.3, 0.4) is 0 Å². The number of nitro groups is 1. The zero-order chi connectivity index (χ0) is 11.5. The lowest BCUT2D eigenvalue weighted by atomic mass is 10.3. The van der Waals surface area contributed by atoms with Crippen LogP contribution in [0, 0.1) is 10.1 Å². The summed E-state index contributed by atoms with van der Waals surface area (Å²) in [6.45, 7) is 2.78. The molecule has 1 aromatic rings. The highest BCUT2D eigenvalue weighted by Crippen LogP contribution is 2.12. The highest BCUT2D eigenvalue weighted by molar-refractivity contribution is 5.93. The van der Waals surface area contributed by atoms with Crippen LogP contribution < -0.4 is 5.32 Å². The molecule has 1 saturated heterocycles. The molecular formula is C9H12N4O3. The summed E-state index contributed by atoms with van der Waals surface area (Å²) in [6.07, 6.45) is 0. The van der Waals surface area contributed by atoms with E-state index in [2.05, 4.69) is 10.3 Å². The van der Waals surface area contributed by atoms with E-state index in [9.17, 15) is 14.9 Å². The molecule has 7 nitrogen and oxygen atoms in total. The van der Waals surface area contributed by atoms with Gasteiger partial charge in [-0.1, -0.05) is 0 Å². The van der Waals surface area contributed by atoms with E-state index in [0.717, 1.165) is 13.1 Å². The fourth-order valence-electron chi connectivity index (χ4n) is 1.65. The average Bonchev–Trinajstić information content (AvgIpc) is 2.78. The third kappa shape index (κ3) is 2.03. The number of hydrogen-bond donors (Lipinski definition) is 2. The Balaban J connectivity index is 2.10. The Kier molecular flexibility index (Phi) is 2.86. The van der Waals surface area contributed by atoms with Gasteiger partial charge in [0.2, 0.25) is 0 Å². The molecule has 0 unspecified atom stereocenters. The number of carbonyl (C=O) groups is 1. The van der Waals surface area contributed by atoms with Crippen LogP contribution in [-0.4, -0.2) is 46.9 Å². The molecule has 2 N–H and O–H groups in total. The van der Waals surface area contributed by atoms with Crippen molar-refractivity contribution in [2.24, 2.45) is 0 Å². The highest BCUT2D eigenvalue weighted by Gasteiger charge is 2.22. The summed E-state index contributed by atoms with van der Waals surface area (Å²) >= 11 is 0. The first-order valence-electron chi connectivity index (χ1n) is 5.02. The van der Waals surface area contributed by atoms with Gasteiger partial charge in [0, 0.05) is 32.2 Å². The minimum absolute atomic E-state index is 0.154. The van der Waals surface area contributed by atoms with Crippen LogP contribution in [0.15, 0.2) is 12.1 Å². The molecule has 0 bridgehead atoms. The zero-order valence-electron chi connectivity index (χ0n) is 8.60. The van der Waals surface area contributed by atoms with Gasteiger partial charge >= 0.3 is 5.82 Å². The number of nitrogens with zero attached hydrogens (tertiary/aromatic N) is 2. The van der Waals surface area contributed by atoms with Crippen LogP contribution in [0.25, 0.3) is 0 Å². The van der Waals surface area contributed by atoms with Crippen molar-refractivity contribution in [3.63, 3.8) is 0 Å². The van der Waals surface area contributed by atoms with Gasteiger partial charge in [0.15, 0.2) is 5.69 Å². The van der Waals surface area contributed by atoms with Crippen molar-refractivity contribution >= 4 is 11.7 Å². The lowest BCUT2D eigenvalue weighted by Gasteiger charge is -2.26. The Morgan fingerprint density at radius 1 is 1.38 bits per heavy atom. The molecule has 1 fully saturated rings. The Morgan fingerprint density at radius 2 is 2.06 bits per heavy atom. The Hall–Kier alpha value is -1.89. The molecule has 2 rings (SSSR count). The number of carbonyl (C=O) groups excluding carboxylic acids is 1. The molecule has 1 aliphatic rings. The Bertz CT molecular complexity index is 409. The molecule has 0 aromatic carbocycles. The molecule has 0 spiro atoms. The van der Waals surface area contributed by atoms with Crippen molar-refractivity contribution in [3.05, 3.63) is 27.9 Å². The number of hydrogen-bond acceptors (Lipinski definition) is 4. The van der Waals surface area contributed by atoms with E-state index in [1.807, 2.05) is 0 Å². The quantitative estimate of drug-likeness (QED) is 0.545. The minimum atomic E-state index is -0.547. The Labute approximate surface area is 91.6 Å². The molecule has 1 aliphatic heterocycles. The molecule has 0 aliphatic carbocycles. The summed E-state index contributed by atoms with van der Waals surface area (Å²) in [6, 6.07) is 2.75. The monoisotopic (exact) mass is 224 g/mol. The molecular weight excluding hydrogens is 212 g/mol. The first-order chi connectivity index (χ1) is 7.68. The van der Waals surface area contributed by atoms with Crippen molar-refractivity contribution in [1.82, 2.24) is 15.2 Å². The third-order valence-corrected chi connectivity index (χ3v) is 2.50. The lowest BCUT2D eigenvalue weighted by molar-refractivity contribution is -0.389. The highest BCUT2D eigenvalue weighted by atomic mass is 16.6. The second kappa shape index (κ2) is 4.31. The van der Waals surface area contributed by atoms with Gasteiger partial charge < -0.3 is 20.3 Å². The topological polar surface area (TPSA) is 91.3 Å². The van der Waals surface area contributed by atoms with Crippen LogP contribution >= 0.6 is 0 Å². The summed E-state index contributed by atoms with van der Waals surface area (Å²) in [7, 11) is 0. The van der Waals surface area contributed by atoms with Gasteiger partial charge in [-0.15, -0.1) is 0 Å². The molecule has 0 saturated carbocycles. The molecule has 0 radical (unpaired) electrons. The predicted molar refractivity (Wildman–Crippen MR) is 56.2 cm³/mol. The van der Waals surface area contributed by atoms with Gasteiger partial charge in [-0.2, -0.15) is 0 Å². The van der Waals surface area contributed by atoms with Gasteiger partial charge in [0.1, 0.15) is 0 Å². The molecule has 16 heavy (non-hydrogen) atoms. The number of piperazine rings is 1. The van der Waals surface area contributed by atoms with Gasteiger partial charge in [-0.3, -0.25) is 4.79 Å². The van der Waals surface area contributed by atoms with E-state index in [1.165, 1.54) is 12.1 Å². The number of aromatic amines is 1. The number of aromatic nitrogens is 1. The lowest BCUT2D eigenvalue weighted by Crippen LogP contribution is -2.46. The van der Waals surface area contributed by atoms with Gasteiger partial charge in [0.05, 0.1) is 0 Å². The molecule has 1 aromatic heterocycles. The van der Waals surface area contributed by atoms with Crippen LogP contribution in [0.5, 0.6) is 0 Å². The maximum atomic E-state index is 11.9.